The number of benzene rings is 1. The molecule has 1 aromatic carbocycles. The molecule has 0 spiro atoms. The molecule has 3 N–H and O–H groups in total. The van der Waals surface area contributed by atoms with Crippen LogP contribution in [0.25, 0.3) is 11.4 Å². The van der Waals surface area contributed by atoms with E-state index in [1.165, 1.54) is 0 Å². The van der Waals surface area contributed by atoms with E-state index in [-0.39, 0.29) is 5.25 Å². The summed E-state index contributed by atoms with van der Waals surface area (Å²) in [5.74, 6) is 1.72. The third kappa shape index (κ3) is 4.53. The van der Waals surface area contributed by atoms with E-state index < -0.39 is 10.8 Å². The summed E-state index contributed by atoms with van der Waals surface area (Å²) >= 11 is 0. The molecule has 2 rings (SSSR count). The van der Waals surface area contributed by atoms with Crippen molar-refractivity contribution in [3.05, 3.63) is 36.4 Å². The fraction of sp³-hybridized carbons (Fsp3) is 0.333. The van der Waals surface area contributed by atoms with Crippen molar-refractivity contribution in [2.75, 3.05) is 23.9 Å². The largest absolute Gasteiger partial charge is 0.384 e. The number of hydrogen-bond donors (Lipinski definition) is 2. The van der Waals surface area contributed by atoms with Crippen LogP contribution < -0.4 is 11.1 Å². The fourth-order valence-electron chi connectivity index (χ4n) is 1.84. The van der Waals surface area contributed by atoms with Crippen LogP contribution in [-0.2, 0) is 10.8 Å². The second kappa shape index (κ2) is 7.17. The van der Waals surface area contributed by atoms with Crippen molar-refractivity contribution < 1.29 is 4.21 Å². The summed E-state index contributed by atoms with van der Waals surface area (Å²) in [5, 5.41) is 3.37. The average Bonchev–Trinajstić information content (AvgIpc) is 2.47. The van der Waals surface area contributed by atoms with E-state index in [4.69, 9.17) is 5.73 Å². The van der Waals surface area contributed by atoms with Gasteiger partial charge in [-0.05, 0) is 6.42 Å². The molecule has 0 radical (unpaired) electrons. The molecule has 0 fully saturated rings. The predicted octanol–water partition coefficient (Wildman–Crippen LogP) is 2.29. The lowest BCUT2D eigenvalue weighted by atomic mass is 10.2. The minimum Gasteiger partial charge on any atom is -0.384 e. The number of nitrogens with two attached hydrogens (primary N) is 1. The maximum absolute atomic E-state index is 11.3. The minimum atomic E-state index is -0.804. The molecule has 5 nitrogen and oxygen atoms in total. The Morgan fingerprint density at radius 3 is 2.67 bits per heavy atom. The van der Waals surface area contributed by atoms with Gasteiger partial charge in [0.25, 0.3) is 0 Å². The monoisotopic (exact) mass is 304 g/mol. The van der Waals surface area contributed by atoms with E-state index in [1.54, 1.807) is 12.3 Å². The van der Waals surface area contributed by atoms with Gasteiger partial charge in [0, 0.05) is 40.5 Å². The smallest absolute Gasteiger partial charge is 0.163 e. The maximum Gasteiger partial charge on any atom is 0.163 e. The summed E-state index contributed by atoms with van der Waals surface area (Å²) in [6.45, 7) is 2.67. The van der Waals surface area contributed by atoms with Gasteiger partial charge in [0.2, 0.25) is 0 Å². The fourth-order valence-corrected chi connectivity index (χ4v) is 2.29. The Balaban J connectivity index is 2.07. The molecule has 1 heterocycles. The van der Waals surface area contributed by atoms with Gasteiger partial charge in [0.05, 0.1) is 0 Å². The van der Waals surface area contributed by atoms with Crippen molar-refractivity contribution in [3.63, 3.8) is 0 Å². The van der Waals surface area contributed by atoms with Gasteiger partial charge in [-0.15, -0.1) is 0 Å². The SMILES string of the molecule is CC(CCNc1cc(N)nc(-c2ccccc2)n1)S(C)=O. The van der Waals surface area contributed by atoms with Crippen LogP contribution in [0.5, 0.6) is 0 Å². The third-order valence-corrected chi connectivity index (χ3v) is 4.57. The Hall–Kier alpha value is -1.95. The van der Waals surface area contributed by atoms with Gasteiger partial charge in [-0.3, -0.25) is 4.21 Å². The van der Waals surface area contributed by atoms with Crippen molar-refractivity contribution in [1.29, 1.82) is 0 Å². The van der Waals surface area contributed by atoms with E-state index in [0.29, 0.717) is 24.0 Å². The number of nitrogen functional groups attached to an aromatic ring is 1. The first-order valence-electron chi connectivity index (χ1n) is 6.82. The highest BCUT2D eigenvalue weighted by atomic mass is 32.2. The zero-order chi connectivity index (χ0) is 15.2. The van der Waals surface area contributed by atoms with Crippen molar-refractivity contribution in [2.45, 2.75) is 18.6 Å². The molecule has 0 aliphatic rings. The topological polar surface area (TPSA) is 80.9 Å². The van der Waals surface area contributed by atoms with Crippen molar-refractivity contribution in [3.8, 4) is 11.4 Å². The maximum atomic E-state index is 11.3. The van der Waals surface area contributed by atoms with Crippen molar-refractivity contribution >= 4 is 22.4 Å². The molecule has 112 valence electrons. The first-order chi connectivity index (χ1) is 10.1. The molecular formula is C15H20N4OS. The Morgan fingerprint density at radius 1 is 1.29 bits per heavy atom. The summed E-state index contributed by atoms with van der Waals surface area (Å²) < 4.78 is 11.3. The summed E-state index contributed by atoms with van der Waals surface area (Å²) in [7, 11) is -0.804. The molecule has 1 aromatic heterocycles. The normalized spacial score (nSPS) is 13.6. The summed E-state index contributed by atoms with van der Waals surface area (Å²) in [5.41, 5.74) is 6.76. The lowest BCUT2D eigenvalue weighted by Crippen LogP contribution is -2.15. The summed E-state index contributed by atoms with van der Waals surface area (Å²) in [6.07, 6.45) is 2.54. The number of rotatable bonds is 6. The standard InChI is InChI=1S/C15H20N4OS/c1-11(21(2)20)8-9-17-14-10-13(16)18-15(19-14)12-6-4-3-5-7-12/h3-7,10-11H,8-9H2,1-2H3,(H3,16,17,18,19). The van der Waals surface area contributed by atoms with E-state index in [2.05, 4.69) is 15.3 Å². The van der Waals surface area contributed by atoms with Crippen LogP contribution in [0.3, 0.4) is 0 Å². The van der Waals surface area contributed by atoms with Crippen LogP contribution in [0, 0.1) is 0 Å². The van der Waals surface area contributed by atoms with Gasteiger partial charge in [-0.2, -0.15) is 0 Å². The van der Waals surface area contributed by atoms with Crippen molar-refractivity contribution in [2.24, 2.45) is 0 Å². The van der Waals surface area contributed by atoms with Crippen LogP contribution in [0.15, 0.2) is 36.4 Å². The Bertz CT molecular complexity index is 618. The van der Waals surface area contributed by atoms with Crippen LogP contribution in [0.2, 0.25) is 0 Å². The Morgan fingerprint density at radius 2 is 2.00 bits per heavy atom. The van der Waals surface area contributed by atoms with E-state index in [0.717, 1.165) is 12.0 Å². The number of nitrogens with one attached hydrogen (secondary N) is 1. The molecule has 0 aliphatic heterocycles. The molecule has 0 saturated heterocycles. The van der Waals surface area contributed by atoms with Crippen LogP contribution in [0.1, 0.15) is 13.3 Å². The van der Waals surface area contributed by atoms with E-state index >= 15 is 0 Å². The average molecular weight is 304 g/mol. The minimum absolute atomic E-state index is 0.158. The summed E-state index contributed by atoms with van der Waals surface area (Å²) in [4.78, 5) is 8.72. The molecule has 0 aliphatic carbocycles. The first-order valence-corrected chi connectivity index (χ1v) is 8.44. The van der Waals surface area contributed by atoms with Crippen LogP contribution in [0.4, 0.5) is 11.6 Å². The quantitative estimate of drug-likeness (QED) is 0.856. The Labute approximate surface area is 127 Å². The van der Waals surface area contributed by atoms with Crippen LogP contribution >= 0.6 is 0 Å². The molecule has 2 atom stereocenters. The molecule has 0 amide bonds. The molecule has 21 heavy (non-hydrogen) atoms. The molecule has 0 saturated carbocycles. The highest BCUT2D eigenvalue weighted by molar-refractivity contribution is 7.84. The van der Waals surface area contributed by atoms with Gasteiger partial charge < -0.3 is 11.1 Å². The van der Waals surface area contributed by atoms with E-state index in [9.17, 15) is 4.21 Å². The zero-order valence-electron chi connectivity index (χ0n) is 12.2. The number of anilines is 2. The van der Waals surface area contributed by atoms with Crippen LogP contribution in [-0.4, -0.2) is 32.2 Å². The number of aromatic nitrogens is 2. The lowest BCUT2D eigenvalue weighted by Gasteiger charge is -2.11. The van der Waals surface area contributed by atoms with Gasteiger partial charge in [0.15, 0.2) is 5.82 Å². The first kappa shape index (κ1) is 15.4. The molecule has 0 bridgehead atoms. The number of nitrogens with zero attached hydrogens (tertiary/aromatic N) is 2. The molecule has 6 heteroatoms. The molecule has 2 unspecified atom stereocenters. The highest BCUT2D eigenvalue weighted by Gasteiger charge is 2.07. The Kier molecular flexibility index (Phi) is 5.27. The van der Waals surface area contributed by atoms with Gasteiger partial charge >= 0.3 is 0 Å². The second-order valence-corrected chi connectivity index (χ2v) is 6.69. The lowest BCUT2D eigenvalue weighted by molar-refractivity contribution is 0.672. The van der Waals surface area contributed by atoms with Gasteiger partial charge in [-0.25, -0.2) is 9.97 Å². The molecular weight excluding hydrogens is 284 g/mol. The van der Waals surface area contributed by atoms with Gasteiger partial charge in [-0.1, -0.05) is 37.3 Å². The summed E-state index contributed by atoms with van der Waals surface area (Å²) in [6, 6.07) is 11.4. The second-order valence-electron chi connectivity index (χ2n) is 4.89. The highest BCUT2D eigenvalue weighted by Crippen LogP contribution is 2.18. The predicted molar refractivity (Wildman–Crippen MR) is 88.5 cm³/mol. The molecule has 2 aromatic rings. The van der Waals surface area contributed by atoms with Gasteiger partial charge in [0.1, 0.15) is 11.6 Å². The van der Waals surface area contributed by atoms with E-state index in [1.807, 2.05) is 37.3 Å². The number of hydrogen-bond acceptors (Lipinski definition) is 5. The third-order valence-electron chi connectivity index (χ3n) is 3.20. The van der Waals surface area contributed by atoms with Crippen molar-refractivity contribution in [1.82, 2.24) is 9.97 Å². The zero-order valence-corrected chi connectivity index (χ0v) is 13.1.